The van der Waals surface area contributed by atoms with Crippen molar-refractivity contribution in [1.82, 2.24) is 5.16 Å². The maximum absolute atomic E-state index is 5.59. The number of nitrogens with two attached hydrogens (primary N) is 1. The third-order valence-electron chi connectivity index (χ3n) is 2.92. The molecule has 0 aliphatic rings. The molecule has 0 radical (unpaired) electrons. The third-order valence-corrected chi connectivity index (χ3v) is 3.51. The summed E-state index contributed by atoms with van der Waals surface area (Å²) < 4.78 is 11.3. The Labute approximate surface area is 121 Å². The lowest BCUT2D eigenvalue weighted by atomic mass is 9.85. The van der Waals surface area contributed by atoms with Crippen molar-refractivity contribution < 1.29 is 9.26 Å². The molecule has 1 heterocycles. The molecule has 2 aromatic rings. The van der Waals surface area contributed by atoms with Gasteiger partial charge in [0.25, 0.3) is 0 Å². The van der Waals surface area contributed by atoms with Gasteiger partial charge < -0.3 is 15.0 Å². The quantitative estimate of drug-likeness (QED) is 0.907. The number of halogens is 1. The first-order valence-electron chi connectivity index (χ1n) is 5.93. The van der Waals surface area contributed by atoms with Gasteiger partial charge >= 0.3 is 0 Å². The lowest BCUT2D eigenvalue weighted by Gasteiger charge is -2.21. The fraction of sp³-hybridized carbons (Fsp3) is 0.357. The van der Waals surface area contributed by atoms with Gasteiger partial charge in [0.15, 0.2) is 0 Å². The molecular formula is C14H17BrN2O2. The van der Waals surface area contributed by atoms with Gasteiger partial charge in [-0.2, -0.15) is 0 Å². The highest BCUT2D eigenvalue weighted by Crippen LogP contribution is 2.40. The first-order valence-corrected chi connectivity index (χ1v) is 6.73. The minimum Gasteiger partial charge on any atom is -0.495 e. The third kappa shape index (κ3) is 2.76. The zero-order valence-electron chi connectivity index (χ0n) is 11.5. The summed E-state index contributed by atoms with van der Waals surface area (Å²) >= 11 is 3.54. The molecule has 0 aliphatic carbocycles. The Hall–Kier alpha value is -1.49. The standard InChI is InChI=1S/C14H17BrN2O2/c1-14(2,3)8-5-9(11-7-12(16)19-17-11)13(18-4)10(15)6-8/h5-7H,16H2,1-4H3. The minimum absolute atomic E-state index is 0.0266. The van der Waals surface area contributed by atoms with Crippen LogP contribution in [0.3, 0.4) is 0 Å². The van der Waals surface area contributed by atoms with Gasteiger partial charge in [-0.25, -0.2) is 0 Å². The average Bonchev–Trinajstić information content (AvgIpc) is 2.73. The van der Waals surface area contributed by atoms with Crippen molar-refractivity contribution in [1.29, 1.82) is 0 Å². The molecule has 4 nitrogen and oxygen atoms in total. The van der Waals surface area contributed by atoms with E-state index in [2.05, 4.69) is 54.0 Å². The number of nitrogen functional groups attached to an aromatic ring is 1. The number of hydrogen-bond acceptors (Lipinski definition) is 4. The van der Waals surface area contributed by atoms with Crippen LogP contribution in [-0.4, -0.2) is 12.3 Å². The lowest BCUT2D eigenvalue weighted by Crippen LogP contribution is -2.11. The van der Waals surface area contributed by atoms with Gasteiger partial charge in [-0.15, -0.1) is 0 Å². The van der Waals surface area contributed by atoms with Gasteiger partial charge in [0.1, 0.15) is 11.4 Å². The van der Waals surface area contributed by atoms with Crippen LogP contribution in [-0.2, 0) is 5.41 Å². The van der Waals surface area contributed by atoms with Gasteiger partial charge in [0.2, 0.25) is 5.88 Å². The summed E-state index contributed by atoms with van der Waals surface area (Å²) in [7, 11) is 1.63. The summed E-state index contributed by atoms with van der Waals surface area (Å²) in [6.45, 7) is 6.46. The van der Waals surface area contributed by atoms with Gasteiger partial charge in [-0.1, -0.05) is 25.9 Å². The Bertz CT molecular complexity index is 600. The predicted molar refractivity (Wildman–Crippen MR) is 79.3 cm³/mol. The van der Waals surface area contributed by atoms with E-state index in [0.717, 1.165) is 15.8 Å². The van der Waals surface area contributed by atoms with Crippen LogP contribution >= 0.6 is 15.9 Å². The smallest absolute Gasteiger partial charge is 0.222 e. The number of benzene rings is 1. The van der Waals surface area contributed by atoms with Crippen molar-refractivity contribution in [2.45, 2.75) is 26.2 Å². The van der Waals surface area contributed by atoms with Gasteiger partial charge in [0.05, 0.1) is 11.6 Å². The summed E-state index contributed by atoms with van der Waals surface area (Å²) in [5, 5.41) is 3.96. The second kappa shape index (κ2) is 4.89. The highest BCUT2D eigenvalue weighted by Gasteiger charge is 2.20. The highest BCUT2D eigenvalue weighted by atomic mass is 79.9. The average molecular weight is 325 g/mol. The number of anilines is 1. The van der Waals surface area contributed by atoms with Crippen LogP contribution in [0.25, 0.3) is 11.3 Å². The lowest BCUT2D eigenvalue weighted by molar-refractivity contribution is 0.411. The number of aromatic nitrogens is 1. The second-order valence-electron chi connectivity index (χ2n) is 5.40. The van der Waals surface area contributed by atoms with Crippen molar-refractivity contribution in [3.63, 3.8) is 0 Å². The molecule has 0 spiro atoms. The summed E-state index contributed by atoms with van der Waals surface area (Å²) in [5.41, 5.74) is 8.32. The van der Waals surface area contributed by atoms with Crippen molar-refractivity contribution in [2.75, 3.05) is 12.8 Å². The Morgan fingerprint density at radius 3 is 2.42 bits per heavy atom. The van der Waals surface area contributed by atoms with E-state index >= 15 is 0 Å². The number of ether oxygens (including phenoxy) is 1. The zero-order valence-corrected chi connectivity index (χ0v) is 13.0. The second-order valence-corrected chi connectivity index (χ2v) is 6.26. The summed E-state index contributed by atoms with van der Waals surface area (Å²) in [6, 6.07) is 5.81. The largest absolute Gasteiger partial charge is 0.495 e. The van der Waals surface area contributed by atoms with Crippen LogP contribution in [0.4, 0.5) is 5.88 Å². The Balaban J connectivity index is 2.66. The Kier molecular flexibility index (Phi) is 3.58. The topological polar surface area (TPSA) is 61.3 Å². The molecule has 0 unspecified atom stereocenters. The van der Waals surface area contributed by atoms with Crippen LogP contribution in [0.1, 0.15) is 26.3 Å². The summed E-state index contributed by atoms with van der Waals surface area (Å²) in [6.07, 6.45) is 0. The maximum atomic E-state index is 5.59. The molecule has 102 valence electrons. The molecule has 0 saturated heterocycles. The molecule has 0 saturated carbocycles. The van der Waals surface area contributed by atoms with Gasteiger partial charge in [-0.3, -0.25) is 0 Å². The molecular weight excluding hydrogens is 308 g/mol. The fourth-order valence-corrected chi connectivity index (χ4v) is 2.46. The van der Waals surface area contributed by atoms with Gasteiger partial charge in [0, 0.05) is 11.6 Å². The zero-order chi connectivity index (χ0) is 14.2. The molecule has 0 bridgehead atoms. The molecule has 0 amide bonds. The van der Waals surface area contributed by atoms with E-state index < -0.39 is 0 Å². The van der Waals surface area contributed by atoms with E-state index in [1.165, 1.54) is 5.56 Å². The monoisotopic (exact) mass is 324 g/mol. The molecule has 2 rings (SSSR count). The predicted octanol–water partition coefficient (Wildman–Crippen LogP) is 3.99. The van der Waals surface area contributed by atoms with Crippen LogP contribution in [0.15, 0.2) is 27.2 Å². The molecule has 2 N–H and O–H groups in total. The maximum Gasteiger partial charge on any atom is 0.222 e. The van der Waals surface area contributed by atoms with Crippen LogP contribution < -0.4 is 10.5 Å². The molecule has 0 fully saturated rings. The number of rotatable bonds is 2. The van der Waals surface area contributed by atoms with E-state index in [1.54, 1.807) is 13.2 Å². The van der Waals surface area contributed by atoms with E-state index in [4.69, 9.17) is 15.0 Å². The highest BCUT2D eigenvalue weighted by molar-refractivity contribution is 9.10. The number of nitrogens with zero attached hydrogens (tertiary/aromatic N) is 1. The molecule has 0 atom stereocenters. The Morgan fingerprint density at radius 2 is 1.95 bits per heavy atom. The molecule has 0 aliphatic heterocycles. The molecule has 1 aromatic heterocycles. The summed E-state index contributed by atoms with van der Waals surface area (Å²) in [5.74, 6) is 1.01. The summed E-state index contributed by atoms with van der Waals surface area (Å²) in [4.78, 5) is 0. The fourth-order valence-electron chi connectivity index (χ4n) is 1.84. The van der Waals surface area contributed by atoms with E-state index in [1.807, 2.05) is 0 Å². The van der Waals surface area contributed by atoms with Crippen molar-refractivity contribution in [3.8, 4) is 17.0 Å². The van der Waals surface area contributed by atoms with E-state index in [0.29, 0.717) is 5.69 Å². The molecule has 1 aromatic carbocycles. The van der Waals surface area contributed by atoms with Crippen LogP contribution in [0.5, 0.6) is 5.75 Å². The minimum atomic E-state index is 0.0266. The van der Waals surface area contributed by atoms with Crippen molar-refractivity contribution in [3.05, 3.63) is 28.2 Å². The van der Waals surface area contributed by atoms with Crippen molar-refractivity contribution in [2.24, 2.45) is 0 Å². The SMILES string of the molecule is COc1c(Br)cc(C(C)(C)C)cc1-c1cc(N)on1. The first kappa shape index (κ1) is 13.9. The van der Waals surface area contributed by atoms with Gasteiger partial charge in [-0.05, 0) is 39.0 Å². The van der Waals surface area contributed by atoms with Crippen LogP contribution in [0.2, 0.25) is 0 Å². The Morgan fingerprint density at radius 1 is 1.26 bits per heavy atom. The first-order chi connectivity index (χ1) is 8.82. The van der Waals surface area contributed by atoms with Crippen LogP contribution in [0, 0.1) is 0 Å². The van der Waals surface area contributed by atoms with E-state index in [9.17, 15) is 0 Å². The number of hydrogen-bond donors (Lipinski definition) is 1. The number of methoxy groups -OCH3 is 1. The van der Waals surface area contributed by atoms with Crippen molar-refractivity contribution >= 4 is 21.8 Å². The normalized spacial score (nSPS) is 11.6. The molecule has 5 heteroatoms. The molecule has 19 heavy (non-hydrogen) atoms. The van der Waals surface area contributed by atoms with E-state index in [-0.39, 0.29) is 11.3 Å².